The summed E-state index contributed by atoms with van der Waals surface area (Å²) in [6.45, 7) is 5.76. The summed E-state index contributed by atoms with van der Waals surface area (Å²) >= 11 is 4.78. The Labute approximate surface area is 118 Å². The van der Waals surface area contributed by atoms with E-state index >= 15 is 0 Å². The van der Waals surface area contributed by atoms with Crippen LogP contribution in [0.2, 0.25) is 0 Å². The van der Waals surface area contributed by atoms with Crippen LogP contribution >= 0.6 is 27.3 Å². The highest BCUT2D eigenvalue weighted by Crippen LogP contribution is 2.23. The minimum atomic E-state index is -0.0685. The van der Waals surface area contributed by atoms with Crippen molar-refractivity contribution in [3.05, 3.63) is 33.5 Å². The lowest BCUT2D eigenvalue weighted by Gasteiger charge is -2.34. The fraction of sp³-hybridized carbons (Fsp3) is 0.333. The number of piperazine rings is 1. The van der Waals surface area contributed by atoms with E-state index in [1.807, 2.05) is 12.1 Å². The molecule has 1 aromatic rings. The van der Waals surface area contributed by atoms with Gasteiger partial charge in [-0.15, -0.1) is 11.3 Å². The van der Waals surface area contributed by atoms with Gasteiger partial charge in [0.05, 0.1) is 8.66 Å². The number of nitrogens with zero attached hydrogens (tertiary/aromatic N) is 2. The number of amides is 2. The fourth-order valence-corrected chi connectivity index (χ4v) is 3.20. The van der Waals surface area contributed by atoms with Gasteiger partial charge in [-0.2, -0.15) is 0 Å². The van der Waals surface area contributed by atoms with Crippen LogP contribution in [0.4, 0.5) is 0 Å². The molecule has 6 heteroatoms. The summed E-state index contributed by atoms with van der Waals surface area (Å²) in [5.41, 5.74) is 0. The number of hydrogen-bond acceptors (Lipinski definition) is 3. The van der Waals surface area contributed by atoms with Crippen LogP contribution < -0.4 is 0 Å². The molecule has 1 fully saturated rings. The van der Waals surface area contributed by atoms with Crippen molar-refractivity contribution in [1.29, 1.82) is 0 Å². The topological polar surface area (TPSA) is 40.6 Å². The van der Waals surface area contributed by atoms with E-state index < -0.39 is 0 Å². The predicted molar refractivity (Wildman–Crippen MR) is 74.7 cm³/mol. The van der Waals surface area contributed by atoms with Gasteiger partial charge in [-0.25, -0.2) is 0 Å². The van der Waals surface area contributed by atoms with Crippen LogP contribution in [0.3, 0.4) is 0 Å². The average Bonchev–Trinajstić information content (AvgIpc) is 2.84. The van der Waals surface area contributed by atoms with Crippen LogP contribution in [0.25, 0.3) is 0 Å². The molecule has 0 unspecified atom stereocenters. The van der Waals surface area contributed by atoms with Crippen molar-refractivity contribution < 1.29 is 9.59 Å². The highest BCUT2D eigenvalue weighted by Gasteiger charge is 2.24. The molecule has 18 heavy (non-hydrogen) atoms. The fourth-order valence-electron chi connectivity index (χ4n) is 1.84. The predicted octanol–water partition coefficient (Wildman–Crippen LogP) is 1.98. The van der Waals surface area contributed by atoms with E-state index in [4.69, 9.17) is 0 Å². The third-order valence-corrected chi connectivity index (χ3v) is 4.45. The Bertz CT molecular complexity index is 478. The molecule has 1 saturated heterocycles. The van der Waals surface area contributed by atoms with Crippen molar-refractivity contribution in [2.75, 3.05) is 26.2 Å². The van der Waals surface area contributed by atoms with Gasteiger partial charge in [0, 0.05) is 26.2 Å². The Morgan fingerprint density at radius 1 is 1.22 bits per heavy atom. The average molecular weight is 329 g/mol. The Kier molecular flexibility index (Phi) is 4.19. The molecule has 2 rings (SSSR count). The maximum Gasteiger partial charge on any atom is 0.264 e. The SMILES string of the molecule is C=CC(=O)N1CCN(C(=O)c2ccc(Br)s2)CC1. The van der Waals surface area contributed by atoms with Gasteiger partial charge in [-0.3, -0.25) is 9.59 Å². The molecule has 0 atom stereocenters. The smallest absolute Gasteiger partial charge is 0.264 e. The molecule has 1 aromatic heterocycles. The zero-order valence-electron chi connectivity index (χ0n) is 9.76. The number of halogens is 1. The maximum atomic E-state index is 12.2. The Hall–Kier alpha value is -1.14. The van der Waals surface area contributed by atoms with Gasteiger partial charge >= 0.3 is 0 Å². The number of hydrogen-bond donors (Lipinski definition) is 0. The first-order valence-electron chi connectivity index (χ1n) is 5.58. The summed E-state index contributed by atoms with van der Waals surface area (Å²) in [5, 5.41) is 0. The van der Waals surface area contributed by atoms with E-state index in [1.165, 1.54) is 17.4 Å². The van der Waals surface area contributed by atoms with E-state index in [2.05, 4.69) is 22.5 Å². The summed E-state index contributed by atoms with van der Waals surface area (Å²) in [7, 11) is 0. The van der Waals surface area contributed by atoms with Crippen LogP contribution in [0.1, 0.15) is 9.67 Å². The second kappa shape index (κ2) is 5.67. The lowest BCUT2D eigenvalue weighted by Crippen LogP contribution is -2.50. The van der Waals surface area contributed by atoms with E-state index in [-0.39, 0.29) is 11.8 Å². The molecule has 0 aliphatic carbocycles. The van der Waals surface area contributed by atoms with E-state index in [0.717, 1.165) is 8.66 Å². The summed E-state index contributed by atoms with van der Waals surface area (Å²) < 4.78 is 0.950. The van der Waals surface area contributed by atoms with Gasteiger partial charge in [-0.05, 0) is 34.1 Å². The molecule has 1 aliphatic heterocycles. The second-order valence-corrected chi connectivity index (χ2v) is 6.39. The highest BCUT2D eigenvalue weighted by molar-refractivity contribution is 9.11. The van der Waals surface area contributed by atoms with Crippen molar-refractivity contribution in [2.45, 2.75) is 0 Å². The van der Waals surface area contributed by atoms with Crippen molar-refractivity contribution >= 4 is 39.1 Å². The summed E-state index contributed by atoms with van der Waals surface area (Å²) in [6.07, 6.45) is 1.31. The Morgan fingerprint density at radius 3 is 2.33 bits per heavy atom. The van der Waals surface area contributed by atoms with Crippen LogP contribution in [-0.2, 0) is 4.79 Å². The van der Waals surface area contributed by atoms with Crippen molar-refractivity contribution in [3.63, 3.8) is 0 Å². The quantitative estimate of drug-likeness (QED) is 0.779. The van der Waals surface area contributed by atoms with Gasteiger partial charge in [0.25, 0.3) is 5.91 Å². The monoisotopic (exact) mass is 328 g/mol. The highest BCUT2D eigenvalue weighted by atomic mass is 79.9. The first-order chi connectivity index (χ1) is 8.61. The van der Waals surface area contributed by atoms with E-state index in [9.17, 15) is 9.59 Å². The van der Waals surface area contributed by atoms with Crippen LogP contribution in [-0.4, -0.2) is 47.8 Å². The zero-order chi connectivity index (χ0) is 13.1. The summed E-state index contributed by atoms with van der Waals surface area (Å²) in [6, 6.07) is 3.69. The van der Waals surface area contributed by atoms with Gasteiger partial charge in [-0.1, -0.05) is 6.58 Å². The molecule has 2 heterocycles. The molecule has 1 aliphatic rings. The molecule has 0 bridgehead atoms. The summed E-state index contributed by atoms with van der Waals surface area (Å²) in [4.78, 5) is 27.8. The van der Waals surface area contributed by atoms with Gasteiger partial charge in [0.15, 0.2) is 0 Å². The van der Waals surface area contributed by atoms with Crippen molar-refractivity contribution in [1.82, 2.24) is 9.80 Å². The molecule has 96 valence electrons. The molecular formula is C12H13BrN2O2S. The van der Waals surface area contributed by atoms with Gasteiger partial charge < -0.3 is 9.80 Å². The third-order valence-electron chi connectivity index (χ3n) is 2.84. The van der Waals surface area contributed by atoms with Crippen LogP contribution in [0, 0.1) is 0 Å². The first kappa shape index (κ1) is 13.3. The number of carbonyl (C=O) groups excluding carboxylic acids is 2. The lowest BCUT2D eigenvalue weighted by molar-refractivity contribution is -0.127. The first-order valence-corrected chi connectivity index (χ1v) is 7.18. The maximum absolute atomic E-state index is 12.2. The second-order valence-electron chi connectivity index (χ2n) is 3.93. The molecule has 2 amide bonds. The molecule has 0 saturated carbocycles. The zero-order valence-corrected chi connectivity index (χ0v) is 12.2. The number of rotatable bonds is 2. The molecule has 0 N–H and O–H groups in total. The number of thiophene rings is 1. The third kappa shape index (κ3) is 2.81. The van der Waals surface area contributed by atoms with Crippen molar-refractivity contribution in [2.24, 2.45) is 0 Å². The summed E-state index contributed by atoms with van der Waals surface area (Å²) in [5.74, 6) is -0.0302. The van der Waals surface area contributed by atoms with E-state index in [0.29, 0.717) is 26.2 Å². The number of carbonyl (C=O) groups is 2. The molecule has 4 nitrogen and oxygen atoms in total. The van der Waals surface area contributed by atoms with Crippen molar-refractivity contribution in [3.8, 4) is 0 Å². The largest absolute Gasteiger partial charge is 0.336 e. The lowest BCUT2D eigenvalue weighted by atomic mass is 10.3. The van der Waals surface area contributed by atoms with E-state index in [1.54, 1.807) is 9.80 Å². The minimum absolute atomic E-state index is 0.0383. The van der Waals surface area contributed by atoms with Gasteiger partial charge in [0.2, 0.25) is 5.91 Å². The molecule has 0 aromatic carbocycles. The standard InChI is InChI=1S/C12H13BrN2O2S/c1-2-11(16)14-5-7-15(8-6-14)12(17)9-3-4-10(13)18-9/h2-4H,1,5-8H2. The minimum Gasteiger partial charge on any atom is -0.336 e. The normalized spacial score (nSPS) is 15.6. The molecule has 0 spiro atoms. The van der Waals surface area contributed by atoms with Crippen LogP contribution in [0.5, 0.6) is 0 Å². The van der Waals surface area contributed by atoms with Gasteiger partial charge in [0.1, 0.15) is 0 Å². The Morgan fingerprint density at radius 2 is 1.83 bits per heavy atom. The Balaban J connectivity index is 1.95. The molecule has 0 radical (unpaired) electrons. The van der Waals surface area contributed by atoms with Crippen LogP contribution in [0.15, 0.2) is 28.6 Å². The molecular weight excluding hydrogens is 316 g/mol.